The number of hydrogen-bond acceptors (Lipinski definition) is 3. The van der Waals surface area contributed by atoms with Crippen molar-refractivity contribution in [3.63, 3.8) is 0 Å². The van der Waals surface area contributed by atoms with Gasteiger partial charge in [-0.05, 0) is 19.8 Å². The summed E-state index contributed by atoms with van der Waals surface area (Å²) in [6, 6.07) is 2.21. The third-order valence-electron chi connectivity index (χ3n) is 3.08. The van der Waals surface area contributed by atoms with Crippen LogP contribution < -0.4 is 0 Å². The quantitative estimate of drug-likeness (QED) is 0.731. The lowest BCUT2D eigenvalue weighted by molar-refractivity contribution is -0.147. The van der Waals surface area contributed by atoms with Crippen molar-refractivity contribution < 1.29 is 9.53 Å². The second kappa shape index (κ2) is 5.86. The van der Waals surface area contributed by atoms with Gasteiger partial charge >= 0.3 is 0 Å². The number of nitriles is 1. The first-order chi connectivity index (χ1) is 7.63. The van der Waals surface area contributed by atoms with E-state index in [0.717, 1.165) is 6.42 Å². The van der Waals surface area contributed by atoms with Crippen molar-refractivity contribution >= 4 is 5.91 Å². The number of morpholine rings is 1. The van der Waals surface area contributed by atoms with Crippen LogP contribution in [-0.4, -0.2) is 36.1 Å². The summed E-state index contributed by atoms with van der Waals surface area (Å²) < 4.78 is 5.53. The maximum Gasteiger partial charge on any atom is 0.240 e. The Hall–Kier alpha value is -1.08. The first-order valence-corrected chi connectivity index (χ1v) is 5.95. The summed E-state index contributed by atoms with van der Waals surface area (Å²) in [5.41, 5.74) is 0. The third kappa shape index (κ3) is 2.73. The molecule has 4 nitrogen and oxygen atoms in total. The number of nitrogens with zero attached hydrogens (tertiary/aromatic N) is 2. The van der Waals surface area contributed by atoms with Crippen LogP contribution >= 0.6 is 0 Å². The van der Waals surface area contributed by atoms with E-state index in [-0.39, 0.29) is 18.1 Å². The fourth-order valence-corrected chi connectivity index (χ4v) is 1.97. The van der Waals surface area contributed by atoms with Crippen molar-refractivity contribution in [1.82, 2.24) is 4.90 Å². The van der Waals surface area contributed by atoms with Crippen LogP contribution in [0.15, 0.2) is 0 Å². The fraction of sp³-hybridized carbons (Fsp3) is 0.833. The molecule has 4 heteroatoms. The monoisotopic (exact) mass is 224 g/mol. The molecular formula is C12H20N2O2. The van der Waals surface area contributed by atoms with Gasteiger partial charge in [0.15, 0.2) is 0 Å². The summed E-state index contributed by atoms with van der Waals surface area (Å²) in [7, 11) is 0. The highest BCUT2D eigenvalue weighted by molar-refractivity contribution is 5.81. The second-order valence-corrected chi connectivity index (χ2v) is 4.29. The van der Waals surface area contributed by atoms with Crippen molar-refractivity contribution in [3.05, 3.63) is 0 Å². The lowest BCUT2D eigenvalue weighted by atomic mass is 10.0. The Labute approximate surface area is 97.2 Å². The van der Waals surface area contributed by atoms with Crippen LogP contribution in [0.2, 0.25) is 0 Å². The summed E-state index contributed by atoms with van der Waals surface area (Å²) in [5, 5.41) is 8.92. The van der Waals surface area contributed by atoms with Gasteiger partial charge in [0.25, 0.3) is 0 Å². The maximum absolute atomic E-state index is 12.1. The van der Waals surface area contributed by atoms with Gasteiger partial charge in [-0.15, -0.1) is 0 Å². The number of carbonyl (C=O) groups is 1. The molecule has 3 unspecified atom stereocenters. The Morgan fingerprint density at radius 2 is 2.31 bits per heavy atom. The number of rotatable bonds is 3. The summed E-state index contributed by atoms with van der Waals surface area (Å²) in [4.78, 5) is 13.9. The van der Waals surface area contributed by atoms with Crippen LogP contribution in [0.25, 0.3) is 0 Å². The van der Waals surface area contributed by atoms with Gasteiger partial charge in [-0.3, -0.25) is 4.79 Å². The average molecular weight is 224 g/mol. The van der Waals surface area contributed by atoms with Gasteiger partial charge in [-0.25, -0.2) is 0 Å². The molecule has 0 saturated carbocycles. The first kappa shape index (κ1) is 13.0. The molecule has 3 atom stereocenters. The lowest BCUT2D eigenvalue weighted by Gasteiger charge is -2.39. The van der Waals surface area contributed by atoms with Gasteiger partial charge in [0.05, 0.1) is 24.8 Å². The Morgan fingerprint density at radius 1 is 1.62 bits per heavy atom. The fourth-order valence-electron chi connectivity index (χ4n) is 1.97. The standard InChI is InChI=1S/C12H20N2O2/c1-4-10(6-13)12(15)14-7-9(3)16-8-11(14)5-2/h9-11H,4-5,7-8H2,1-3H3. The number of carbonyl (C=O) groups excluding carboxylic acids is 1. The molecule has 1 saturated heterocycles. The molecule has 0 bridgehead atoms. The van der Waals surface area contributed by atoms with E-state index in [0.29, 0.717) is 19.6 Å². The van der Waals surface area contributed by atoms with Gasteiger partial charge in [0.1, 0.15) is 5.92 Å². The van der Waals surface area contributed by atoms with Crippen LogP contribution in [0.1, 0.15) is 33.6 Å². The van der Waals surface area contributed by atoms with Gasteiger partial charge in [0.2, 0.25) is 5.91 Å². The van der Waals surface area contributed by atoms with Crippen molar-refractivity contribution in [2.24, 2.45) is 5.92 Å². The molecule has 1 heterocycles. The zero-order valence-electron chi connectivity index (χ0n) is 10.3. The van der Waals surface area contributed by atoms with Gasteiger partial charge in [0, 0.05) is 6.54 Å². The van der Waals surface area contributed by atoms with Crippen LogP contribution in [0.4, 0.5) is 0 Å². The molecule has 1 fully saturated rings. The zero-order chi connectivity index (χ0) is 12.1. The van der Waals surface area contributed by atoms with Crippen molar-refractivity contribution in [2.75, 3.05) is 13.2 Å². The minimum Gasteiger partial charge on any atom is -0.375 e. The smallest absolute Gasteiger partial charge is 0.240 e. The summed E-state index contributed by atoms with van der Waals surface area (Å²) >= 11 is 0. The topological polar surface area (TPSA) is 53.3 Å². The highest BCUT2D eigenvalue weighted by atomic mass is 16.5. The van der Waals surface area contributed by atoms with Gasteiger partial charge in [-0.2, -0.15) is 5.26 Å². The third-order valence-corrected chi connectivity index (χ3v) is 3.08. The van der Waals surface area contributed by atoms with Crippen LogP contribution in [0.3, 0.4) is 0 Å². The molecule has 90 valence electrons. The number of hydrogen-bond donors (Lipinski definition) is 0. The van der Waals surface area contributed by atoms with E-state index < -0.39 is 5.92 Å². The highest BCUT2D eigenvalue weighted by Crippen LogP contribution is 2.18. The van der Waals surface area contributed by atoms with E-state index in [1.807, 2.05) is 25.7 Å². The number of ether oxygens (including phenoxy) is 1. The molecule has 1 rings (SSSR count). The predicted molar refractivity (Wildman–Crippen MR) is 60.6 cm³/mol. The Balaban J connectivity index is 2.74. The minimum atomic E-state index is -0.501. The van der Waals surface area contributed by atoms with Crippen molar-refractivity contribution in [2.45, 2.75) is 45.8 Å². The molecule has 0 N–H and O–H groups in total. The van der Waals surface area contributed by atoms with E-state index in [9.17, 15) is 4.79 Å². The average Bonchev–Trinajstić information content (AvgIpc) is 2.30. The Kier molecular flexibility index (Phi) is 4.75. The van der Waals surface area contributed by atoms with Crippen LogP contribution in [0.5, 0.6) is 0 Å². The summed E-state index contributed by atoms with van der Waals surface area (Å²) in [6.07, 6.45) is 1.53. The predicted octanol–water partition coefficient (Wildman–Crippen LogP) is 1.56. The molecule has 16 heavy (non-hydrogen) atoms. The number of amides is 1. The van der Waals surface area contributed by atoms with E-state index in [4.69, 9.17) is 10.00 Å². The molecule has 0 aromatic heterocycles. The molecule has 0 aromatic rings. The molecule has 0 aromatic carbocycles. The molecule has 1 aliphatic rings. The Bertz CT molecular complexity index is 285. The largest absolute Gasteiger partial charge is 0.375 e. The molecular weight excluding hydrogens is 204 g/mol. The molecule has 1 amide bonds. The Morgan fingerprint density at radius 3 is 2.81 bits per heavy atom. The van der Waals surface area contributed by atoms with Crippen LogP contribution in [0, 0.1) is 17.2 Å². The molecule has 0 aliphatic carbocycles. The normalized spacial score (nSPS) is 27.2. The van der Waals surface area contributed by atoms with Gasteiger partial charge < -0.3 is 9.64 Å². The SMILES string of the molecule is CCC(C#N)C(=O)N1CC(C)OCC1CC. The summed E-state index contributed by atoms with van der Waals surface area (Å²) in [6.45, 7) is 7.06. The van der Waals surface area contributed by atoms with Crippen LogP contribution in [-0.2, 0) is 9.53 Å². The zero-order valence-corrected chi connectivity index (χ0v) is 10.3. The van der Waals surface area contributed by atoms with E-state index in [2.05, 4.69) is 6.07 Å². The maximum atomic E-state index is 12.1. The van der Waals surface area contributed by atoms with Gasteiger partial charge in [-0.1, -0.05) is 13.8 Å². The molecule has 0 spiro atoms. The second-order valence-electron chi connectivity index (χ2n) is 4.29. The van der Waals surface area contributed by atoms with Crippen molar-refractivity contribution in [3.8, 4) is 6.07 Å². The van der Waals surface area contributed by atoms with E-state index in [1.165, 1.54) is 0 Å². The van der Waals surface area contributed by atoms with Crippen molar-refractivity contribution in [1.29, 1.82) is 5.26 Å². The lowest BCUT2D eigenvalue weighted by Crippen LogP contribution is -2.52. The first-order valence-electron chi connectivity index (χ1n) is 5.95. The minimum absolute atomic E-state index is 0.0352. The highest BCUT2D eigenvalue weighted by Gasteiger charge is 2.32. The molecule has 0 radical (unpaired) electrons. The van der Waals surface area contributed by atoms with E-state index in [1.54, 1.807) is 0 Å². The van der Waals surface area contributed by atoms with E-state index >= 15 is 0 Å². The molecule has 1 aliphatic heterocycles. The summed E-state index contributed by atoms with van der Waals surface area (Å²) in [5.74, 6) is -0.536.